The Balaban J connectivity index is 2.08. The van der Waals surface area contributed by atoms with Gasteiger partial charge in [-0.15, -0.1) is 0 Å². The summed E-state index contributed by atoms with van der Waals surface area (Å²) in [7, 11) is 0. The summed E-state index contributed by atoms with van der Waals surface area (Å²) in [6, 6.07) is 4.04. The molecule has 1 aromatic carbocycles. The Morgan fingerprint density at radius 1 is 1.25 bits per heavy atom. The van der Waals surface area contributed by atoms with Gasteiger partial charge in [-0.05, 0) is 36.5 Å². The fourth-order valence-electron chi connectivity index (χ4n) is 3.06. The highest BCUT2D eigenvalue weighted by molar-refractivity contribution is 5.95. The number of anilines is 1. The van der Waals surface area contributed by atoms with Gasteiger partial charge < -0.3 is 10.6 Å². The number of carbonyl (C=O) groups is 1. The number of rotatable bonds is 3. The number of hydrogen-bond acceptors (Lipinski definition) is 2. The second-order valence-electron chi connectivity index (χ2n) is 5.77. The van der Waals surface area contributed by atoms with E-state index >= 15 is 0 Å². The summed E-state index contributed by atoms with van der Waals surface area (Å²) in [4.78, 5) is 14.2. The number of amides is 1. The highest BCUT2D eigenvalue weighted by Crippen LogP contribution is 2.38. The highest BCUT2D eigenvalue weighted by Gasteiger charge is 2.33. The van der Waals surface area contributed by atoms with Crippen LogP contribution in [-0.2, 0) is 0 Å². The lowest BCUT2D eigenvalue weighted by atomic mass is 9.74. The Labute approximate surface area is 120 Å². The Morgan fingerprint density at radius 2 is 1.85 bits per heavy atom. The van der Waals surface area contributed by atoms with Gasteiger partial charge in [0.15, 0.2) is 0 Å². The molecule has 1 aliphatic heterocycles. The molecule has 2 N–H and O–H groups in total. The number of benzene rings is 1. The first-order valence-electron chi connectivity index (χ1n) is 7.35. The van der Waals surface area contributed by atoms with Gasteiger partial charge in [0, 0.05) is 24.3 Å². The second-order valence-corrected chi connectivity index (χ2v) is 5.77. The number of nitrogens with two attached hydrogens (primary N) is 1. The van der Waals surface area contributed by atoms with Crippen molar-refractivity contribution in [1.29, 1.82) is 0 Å². The van der Waals surface area contributed by atoms with E-state index in [4.69, 9.17) is 5.73 Å². The van der Waals surface area contributed by atoms with Crippen molar-refractivity contribution in [3.05, 3.63) is 29.6 Å². The average molecular weight is 278 g/mol. The maximum absolute atomic E-state index is 13.3. The van der Waals surface area contributed by atoms with Crippen molar-refractivity contribution >= 4 is 11.6 Å². The average Bonchev–Trinajstić information content (AvgIpc) is 2.45. The molecule has 1 amide bonds. The number of nitrogens with zero attached hydrogens (tertiary/aromatic N) is 1. The van der Waals surface area contributed by atoms with E-state index in [1.807, 2.05) is 4.90 Å². The summed E-state index contributed by atoms with van der Waals surface area (Å²) in [5.74, 6) is -0.571. The van der Waals surface area contributed by atoms with E-state index in [1.165, 1.54) is 12.1 Å². The molecular weight excluding hydrogens is 255 g/mol. The van der Waals surface area contributed by atoms with E-state index in [0.717, 1.165) is 38.8 Å². The van der Waals surface area contributed by atoms with Crippen LogP contribution in [0.4, 0.5) is 10.1 Å². The van der Waals surface area contributed by atoms with Gasteiger partial charge in [-0.2, -0.15) is 0 Å². The summed E-state index contributed by atoms with van der Waals surface area (Å²) in [6.07, 6.45) is 4.35. The summed E-state index contributed by atoms with van der Waals surface area (Å²) < 4.78 is 13.3. The third-order valence-corrected chi connectivity index (χ3v) is 4.78. The Kier molecular flexibility index (Phi) is 4.31. The molecule has 1 aromatic rings. The van der Waals surface area contributed by atoms with E-state index in [-0.39, 0.29) is 5.91 Å². The van der Waals surface area contributed by atoms with Crippen LogP contribution in [-0.4, -0.2) is 23.9 Å². The number of nitrogen functional groups attached to an aromatic ring is 1. The molecule has 0 radical (unpaired) electrons. The number of halogens is 1. The largest absolute Gasteiger partial charge is 0.399 e. The molecule has 4 heteroatoms. The number of likely N-dealkylation sites (tertiary alicyclic amines) is 1. The maximum atomic E-state index is 13.3. The normalized spacial score (nSPS) is 18.1. The van der Waals surface area contributed by atoms with Crippen molar-refractivity contribution in [2.24, 2.45) is 5.41 Å². The van der Waals surface area contributed by atoms with Crippen molar-refractivity contribution in [3.8, 4) is 0 Å². The highest BCUT2D eigenvalue weighted by atomic mass is 19.1. The van der Waals surface area contributed by atoms with Gasteiger partial charge in [0.2, 0.25) is 0 Å². The van der Waals surface area contributed by atoms with Crippen molar-refractivity contribution in [2.45, 2.75) is 39.5 Å². The summed E-state index contributed by atoms with van der Waals surface area (Å²) in [5.41, 5.74) is 6.62. The summed E-state index contributed by atoms with van der Waals surface area (Å²) >= 11 is 0. The van der Waals surface area contributed by atoms with Crippen molar-refractivity contribution in [1.82, 2.24) is 4.90 Å². The molecule has 1 fully saturated rings. The van der Waals surface area contributed by atoms with Crippen LogP contribution in [0.25, 0.3) is 0 Å². The van der Waals surface area contributed by atoms with Crippen molar-refractivity contribution in [3.63, 3.8) is 0 Å². The lowest BCUT2D eigenvalue weighted by Gasteiger charge is -2.41. The Hall–Kier alpha value is -1.58. The van der Waals surface area contributed by atoms with Crippen molar-refractivity contribution < 1.29 is 9.18 Å². The van der Waals surface area contributed by atoms with Crippen LogP contribution in [0.1, 0.15) is 49.9 Å². The van der Waals surface area contributed by atoms with E-state index in [9.17, 15) is 9.18 Å². The van der Waals surface area contributed by atoms with Gasteiger partial charge in [-0.25, -0.2) is 4.39 Å². The number of piperidine rings is 1. The third kappa shape index (κ3) is 2.94. The van der Waals surface area contributed by atoms with E-state index < -0.39 is 5.82 Å². The van der Waals surface area contributed by atoms with E-state index in [0.29, 0.717) is 16.7 Å². The molecule has 0 spiro atoms. The molecule has 1 aliphatic rings. The minimum atomic E-state index is -0.457. The molecule has 3 nitrogen and oxygen atoms in total. The molecule has 0 bridgehead atoms. The molecule has 2 rings (SSSR count). The molecule has 0 atom stereocenters. The quantitative estimate of drug-likeness (QED) is 0.861. The zero-order valence-electron chi connectivity index (χ0n) is 12.3. The molecular formula is C16H23FN2O. The molecule has 110 valence electrons. The predicted molar refractivity (Wildman–Crippen MR) is 79.0 cm³/mol. The smallest absolute Gasteiger partial charge is 0.254 e. The third-order valence-electron chi connectivity index (χ3n) is 4.78. The first-order valence-corrected chi connectivity index (χ1v) is 7.35. The van der Waals surface area contributed by atoms with Gasteiger partial charge in [0.05, 0.1) is 0 Å². The van der Waals surface area contributed by atoms with Crippen LogP contribution >= 0.6 is 0 Å². The van der Waals surface area contributed by atoms with Gasteiger partial charge in [0.1, 0.15) is 5.82 Å². The molecule has 20 heavy (non-hydrogen) atoms. The Morgan fingerprint density at radius 3 is 2.35 bits per heavy atom. The molecule has 1 saturated heterocycles. The molecule has 0 aliphatic carbocycles. The van der Waals surface area contributed by atoms with Crippen LogP contribution in [0.3, 0.4) is 0 Å². The van der Waals surface area contributed by atoms with Crippen LogP contribution < -0.4 is 5.73 Å². The van der Waals surface area contributed by atoms with Gasteiger partial charge in [-0.3, -0.25) is 4.79 Å². The molecule has 1 heterocycles. The summed E-state index contributed by atoms with van der Waals surface area (Å²) in [6.45, 7) is 5.93. The minimum absolute atomic E-state index is 0.114. The maximum Gasteiger partial charge on any atom is 0.254 e. The van der Waals surface area contributed by atoms with E-state index in [2.05, 4.69) is 13.8 Å². The van der Waals surface area contributed by atoms with Crippen LogP contribution in [0, 0.1) is 11.2 Å². The first kappa shape index (κ1) is 14.8. The molecule has 0 saturated carbocycles. The lowest BCUT2D eigenvalue weighted by molar-refractivity contribution is 0.0557. The van der Waals surface area contributed by atoms with Gasteiger partial charge >= 0.3 is 0 Å². The molecule has 0 aromatic heterocycles. The van der Waals surface area contributed by atoms with Gasteiger partial charge in [-0.1, -0.05) is 26.7 Å². The zero-order valence-corrected chi connectivity index (χ0v) is 12.3. The standard InChI is InChI=1S/C16H23FN2O/c1-3-16(4-2)5-7-19(8-6-16)15(20)12-9-13(17)11-14(18)10-12/h9-11H,3-8,18H2,1-2H3. The minimum Gasteiger partial charge on any atom is -0.399 e. The summed E-state index contributed by atoms with van der Waals surface area (Å²) in [5, 5.41) is 0. The SMILES string of the molecule is CCC1(CC)CCN(C(=O)c2cc(N)cc(F)c2)CC1. The van der Waals surface area contributed by atoms with Crippen LogP contribution in [0.5, 0.6) is 0 Å². The fraction of sp³-hybridized carbons (Fsp3) is 0.562. The predicted octanol–water partition coefficient (Wildman–Crippen LogP) is 3.45. The van der Waals surface area contributed by atoms with Crippen LogP contribution in [0.2, 0.25) is 0 Å². The fourth-order valence-corrected chi connectivity index (χ4v) is 3.06. The van der Waals surface area contributed by atoms with Gasteiger partial charge in [0.25, 0.3) is 5.91 Å². The zero-order chi connectivity index (χ0) is 14.8. The Bertz CT molecular complexity index is 467. The lowest BCUT2D eigenvalue weighted by Crippen LogP contribution is -2.42. The van der Waals surface area contributed by atoms with Crippen molar-refractivity contribution in [2.75, 3.05) is 18.8 Å². The van der Waals surface area contributed by atoms with E-state index in [1.54, 1.807) is 6.07 Å². The number of hydrogen-bond donors (Lipinski definition) is 1. The molecule has 0 unspecified atom stereocenters. The topological polar surface area (TPSA) is 46.3 Å². The monoisotopic (exact) mass is 278 g/mol. The second kappa shape index (κ2) is 5.81. The first-order chi connectivity index (χ1) is 9.49. The number of carbonyl (C=O) groups excluding carboxylic acids is 1. The van der Waals surface area contributed by atoms with Crippen LogP contribution in [0.15, 0.2) is 18.2 Å².